The highest BCUT2D eigenvalue weighted by Gasteiger charge is 2.44. The van der Waals surface area contributed by atoms with Crippen LogP contribution in [0.3, 0.4) is 0 Å². The number of amides is 1. The van der Waals surface area contributed by atoms with Crippen molar-refractivity contribution < 1.29 is 19.0 Å². The number of benzene rings is 2. The molecule has 4 heterocycles. The number of rotatable bonds is 7. The van der Waals surface area contributed by atoms with Crippen molar-refractivity contribution in [3.63, 3.8) is 0 Å². The Morgan fingerprint density at radius 2 is 1.62 bits per heavy atom. The lowest BCUT2D eigenvalue weighted by molar-refractivity contribution is 0.0936. The number of ether oxygens (including phenoxy) is 3. The average Bonchev–Trinajstić information content (AvgIpc) is 3.65. The van der Waals surface area contributed by atoms with Gasteiger partial charge in [-0.25, -0.2) is 0 Å². The first kappa shape index (κ1) is 32.8. The molecule has 11 nitrogen and oxygen atoms in total. The van der Waals surface area contributed by atoms with E-state index in [1.54, 1.807) is 0 Å². The minimum absolute atomic E-state index is 0.1000. The summed E-state index contributed by atoms with van der Waals surface area (Å²) in [6.45, 7) is 8.20. The Morgan fingerprint density at radius 3 is 2.36 bits per heavy atom. The largest absolute Gasteiger partial charge is 0.494 e. The lowest BCUT2D eigenvalue weighted by Gasteiger charge is -2.23. The van der Waals surface area contributed by atoms with E-state index in [0.717, 1.165) is 56.4 Å². The van der Waals surface area contributed by atoms with Crippen LogP contribution < -0.4 is 30.2 Å². The monoisotopic (exact) mass is 643 g/mol. The van der Waals surface area contributed by atoms with E-state index in [2.05, 4.69) is 35.8 Å². The third kappa shape index (κ3) is 9.70. The van der Waals surface area contributed by atoms with Gasteiger partial charge in [0, 0.05) is 36.8 Å². The van der Waals surface area contributed by atoms with Crippen LogP contribution in [0.25, 0.3) is 0 Å². The maximum Gasteiger partial charge on any atom is 0.323 e. The van der Waals surface area contributed by atoms with Crippen LogP contribution >= 0.6 is 0 Å². The first-order valence-electron chi connectivity index (χ1n) is 17.5. The zero-order valence-corrected chi connectivity index (χ0v) is 27.7. The summed E-state index contributed by atoms with van der Waals surface area (Å²) in [5.74, 6) is 2.04. The van der Waals surface area contributed by atoms with Gasteiger partial charge in [-0.3, -0.25) is 4.79 Å². The molecule has 11 heteroatoms. The molecule has 0 radical (unpaired) electrons. The van der Waals surface area contributed by atoms with E-state index in [1.807, 2.05) is 49.4 Å². The van der Waals surface area contributed by atoms with Gasteiger partial charge in [-0.05, 0) is 88.4 Å². The zero-order valence-electron chi connectivity index (χ0n) is 27.7. The van der Waals surface area contributed by atoms with Gasteiger partial charge >= 0.3 is 6.01 Å². The number of anilines is 3. The molecule has 2 fully saturated rings. The van der Waals surface area contributed by atoms with Gasteiger partial charge in [0.15, 0.2) is 0 Å². The van der Waals surface area contributed by atoms with Crippen molar-refractivity contribution in [2.45, 2.75) is 77.7 Å². The molecule has 1 saturated carbocycles. The Labute approximate surface area is 278 Å². The quantitative estimate of drug-likeness (QED) is 0.269. The lowest BCUT2D eigenvalue weighted by atomic mass is 10.1. The average molecular weight is 644 g/mol. The number of nitrogens with zero attached hydrogens (tertiary/aromatic N) is 4. The van der Waals surface area contributed by atoms with Crippen LogP contribution in [0.4, 0.5) is 17.6 Å². The Balaban J connectivity index is 1.18. The minimum atomic E-state index is -0.1000. The molecule has 4 aliphatic rings. The second-order valence-electron chi connectivity index (χ2n) is 13.0. The first-order valence-corrected chi connectivity index (χ1v) is 17.5. The minimum Gasteiger partial charge on any atom is -0.494 e. The van der Waals surface area contributed by atoms with E-state index in [4.69, 9.17) is 14.2 Å². The van der Waals surface area contributed by atoms with Crippen LogP contribution in [0.15, 0.2) is 42.5 Å². The highest BCUT2D eigenvalue weighted by Crippen LogP contribution is 2.46. The van der Waals surface area contributed by atoms with Crippen molar-refractivity contribution in [2.24, 2.45) is 5.41 Å². The summed E-state index contributed by atoms with van der Waals surface area (Å²) in [7, 11) is 0. The molecule has 252 valence electrons. The molecule has 47 heavy (non-hydrogen) atoms. The fraction of sp³-hybridized carbons (Fsp3) is 0.556. The Bertz CT molecular complexity index is 1460. The van der Waals surface area contributed by atoms with E-state index in [0.29, 0.717) is 61.8 Å². The molecular formula is C36H49N7O4. The summed E-state index contributed by atoms with van der Waals surface area (Å²) < 4.78 is 17.9. The molecule has 7 rings (SSSR count). The van der Waals surface area contributed by atoms with Crippen molar-refractivity contribution in [3.8, 4) is 17.5 Å². The van der Waals surface area contributed by atoms with Crippen LogP contribution in [-0.2, 0) is 6.54 Å². The number of fused-ring (bicyclic) bond motifs is 12. The van der Waals surface area contributed by atoms with Gasteiger partial charge in [0.25, 0.3) is 5.91 Å². The zero-order chi connectivity index (χ0) is 32.3. The van der Waals surface area contributed by atoms with Crippen LogP contribution in [0.5, 0.6) is 17.5 Å². The Kier molecular flexibility index (Phi) is 11.3. The third-order valence-corrected chi connectivity index (χ3v) is 9.15. The summed E-state index contributed by atoms with van der Waals surface area (Å²) in [6, 6.07) is 13.8. The van der Waals surface area contributed by atoms with Crippen molar-refractivity contribution in [1.82, 2.24) is 25.2 Å². The number of hydrogen-bond donors (Lipinski definition) is 3. The fourth-order valence-corrected chi connectivity index (χ4v) is 6.23. The molecule has 3 N–H and O–H groups in total. The molecule has 0 unspecified atom stereocenters. The predicted octanol–water partition coefficient (Wildman–Crippen LogP) is 6.34. The maximum absolute atomic E-state index is 13.5. The first-order chi connectivity index (χ1) is 23.1. The topological polar surface area (TPSA) is 123 Å². The van der Waals surface area contributed by atoms with E-state index in [-0.39, 0.29) is 17.3 Å². The maximum atomic E-state index is 13.5. The second-order valence-corrected chi connectivity index (χ2v) is 13.0. The van der Waals surface area contributed by atoms with Crippen molar-refractivity contribution in [3.05, 3.63) is 53.6 Å². The summed E-state index contributed by atoms with van der Waals surface area (Å²) in [5.41, 5.74) is 2.52. The second kappa shape index (κ2) is 16.1. The van der Waals surface area contributed by atoms with Crippen molar-refractivity contribution in [1.29, 1.82) is 0 Å². The molecule has 1 saturated heterocycles. The number of nitrogens with one attached hydrogen (secondary N) is 3. The van der Waals surface area contributed by atoms with Gasteiger partial charge in [-0.15, -0.1) is 0 Å². The summed E-state index contributed by atoms with van der Waals surface area (Å²) in [4.78, 5) is 29.6. The molecule has 6 bridgehead atoms. The molecule has 3 aliphatic heterocycles. The Hall–Kier alpha value is -4.12. The van der Waals surface area contributed by atoms with Gasteiger partial charge < -0.3 is 35.1 Å². The number of carbonyl (C=O) groups is 1. The van der Waals surface area contributed by atoms with Gasteiger partial charge in [0.05, 0.1) is 25.4 Å². The SMILES string of the molecule is CCOc1nc2nc(n1)Nc1ccc(C(=O)NCC3(CN4CCCC4)CC3)c(c1)OCCCCCCCCOc1ccc(cc1)CN2. The van der Waals surface area contributed by atoms with Crippen molar-refractivity contribution >= 4 is 23.5 Å². The predicted molar refractivity (Wildman–Crippen MR) is 183 cm³/mol. The summed E-state index contributed by atoms with van der Waals surface area (Å²) >= 11 is 0. The van der Waals surface area contributed by atoms with Gasteiger partial charge in [0.2, 0.25) is 11.9 Å². The molecular weight excluding hydrogens is 594 g/mol. The van der Waals surface area contributed by atoms with Crippen LogP contribution in [0.2, 0.25) is 0 Å². The molecule has 1 aliphatic carbocycles. The van der Waals surface area contributed by atoms with Crippen LogP contribution in [-0.4, -0.2) is 71.8 Å². The summed E-state index contributed by atoms with van der Waals surface area (Å²) in [5, 5.41) is 9.81. The molecule has 0 atom stereocenters. The summed E-state index contributed by atoms with van der Waals surface area (Å²) in [6.07, 6.45) is 11.4. The van der Waals surface area contributed by atoms with Gasteiger partial charge in [0.1, 0.15) is 11.5 Å². The molecule has 1 aromatic heterocycles. The van der Waals surface area contributed by atoms with E-state index >= 15 is 0 Å². The van der Waals surface area contributed by atoms with E-state index < -0.39 is 0 Å². The van der Waals surface area contributed by atoms with Crippen LogP contribution in [0.1, 0.15) is 87.1 Å². The molecule has 1 amide bonds. The van der Waals surface area contributed by atoms with Crippen molar-refractivity contribution in [2.75, 3.05) is 56.6 Å². The number of aromatic nitrogens is 3. The highest BCUT2D eigenvalue weighted by atomic mass is 16.5. The standard InChI is InChI=1S/C36H49N7O4/c1-2-45-35-41-33-37-24-27-11-14-29(15-12-27)46-21-9-5-3-4-6-10-22-47-31-23-28(39-34(40-33)42-35)13-16-30(31)32(44)38-25-36(17-18-36)26-43-19-7-8-20-43/h11-16,23H,2-10,17-22,24-26H2,1H3,(H,38,44)(H2,37,39,40,41,42). The number of carbonyl (C=O) groups excluding carboxylic acids is 1. The van der Waals surface area contributed by atoms with Gasteiger partial charge in [-0.2, -0.15) is 15.0 Å². The van der Waals surface area contributed by atoms with E-state index in [9.17, 15) is 4.79 Å². The third-order valence-electron chi connectivity index (χ3n) is 9.15. The number of hydrogen-bond acceptors (Lipinski definition) is 10. The highest BCUT2D eigenvalue weighted by molar-refractivity contribution is 5.97. The molecule has 2 aromatic carbocycles. The van der Waals surface area contributed by atoms with E-state index in [1.165, 1.54) is 38.8 Å². The lowest BCUT2D eigenvalue weighted by Crippen LogP contribution is -2.37. The number of likely N-dealkylation sites (tertiary alicyclic amines) is 1. The smallest absolute Gasteiger partial charge is 0.323 e. The molecule has 3 aromatic rings. The Morgan fingerprint density at radius 1 is 0.894 bits per heavy atom. The normalized spacial score (nSPS) is 18.6. The van der Waals surface area contributed by atoms with Gasteiger partial charge in [-0.1, -0.05) is 37.8 Å². The fourth-order valence-electron chi connectivity index (χ4n) is 6.23. The van der Waals surface area contributed by atoms with Crippen LogP contribution in [0, 0.1) is 5.41 Å². The molecule has 0 spiro atoms.